The lowest BCUT2D eigenvalue weighted by atomic mass is 9.74. The monoisotopic (exact) mass is 545 g/mol. The van der Waals surface area contributed by atoms with E-state index in [1.165, 1.54) is 6.42 Å². The number of ether oxygens (including phenoxy) is 1. The number of benzene rings is 1. The minimum Gasteiger partial charge on any atom is -0.359 e. The molecule has 3 aliphatic heterocycles. The van der Waals surface area contributed by atoms with Gasteiger partial charge in [-0.05, 0) is 43.9 Å². The summed E-state index contributed by atoms with van der Waals surface area (Å²) in [6.45, 7) is 0. The van der Waals surface area contributed by atoms with Crippen molar-refractivity contribution in [3.8, 4) is 0 Å². The van der Waals surface area contributed by atoms with Gasteiger partial charge >= 0.3 is 0 Å². The zero-order valence-corrected chi connectivity index (χ0v) is 22.3. The molecule has 2 N–H and O–H groups in total. The maximum atomic E-state index is 14.2. The van der Waals surface area contributed by atoms with Gasteiger partial charge in [0.15, 0.2) is 0 Å². The van der Waals surface area contributed by atoms with Crippen molar-refractivity contribution < 1.29 is 19.1 Å². The maximum absolute atomic E-state index is 14.2. The Hall–Kier alpha value is -2.09. The van der Waals surface area contributed by atoms with Crippen molar-refractivity contribution in [3.63, 3.8) is 0 Å². The van der Waals surface area contributed by atoms with Crippen LogP contribution in [0.15, 0.2) is 30.4 Å². The molecule has 2 saturated carbocycles. The molecule has 5 aliphatic rings. The molecule has 0 radical (unpaired) electrons. The van der Waals surface area contributed by atoms with E-state index in [2.05, 4.69) is 10.6 Å². The van der Waals surface area contributed by atoms with Crippen molar-refractivity contribution in [3.05, 3.63) is 40.4 Å². The molecule has 2 aliphatic carbocycles. The Bertz CT molecular complexity index is 1130. The Morgan fingerprint density at radius 2 is 1.65 bits per heavy atom. The second kappa shape index (κ2) is 9.90. The van der Waals surface area contributed by atoms with Gasteiger partial charge in [-0.3, -0.25) is 14.4 Å². The standard InChI is InChI=1S/C28H33Cl2N3O4/c29-19-12-11-17(15-20(19)30)32-25(34)22-21-13-14-28(37-21)23(22)27(36)33(18-9-5-2-6-10-18)24(28)26(35)31-16-7-3-1-4-8-16/h11-16,18,21-24H,1-10H2,(H,31,35)(H,32,34)/t21-,22+,23-,24-,28-/m0/s1. The van der Waals surface area contributed by atoms with Crippen molar-refractivity contribution in [1.29, 1.82) is 0 Å². The SMILES string of the molecule is O=C(Nc1ccc(Cl)c(Cl)c1)[C@@H]1[C@@H]2C=C[C@]3(O2)[C@@H]1C(=O)N(C1CCCCC1)[C@H]3C(=O)NC1CCCCC1. The lowest BCUT2D eigenvalue weighted by Crippen LogP contribution is -2.58. The second-order valence-corrected chi connectivity index (χ2v) is 12.0. The van der Waals surface area contributed by atoms with Crippen molar-refractivity contribution >= 4 is 46.6 Å². The number of fused-ring (bicyclic) bond motifs is 1. The minimum absolute atomic E-state index is 0.0156. The number of halogens is 2. The molecule has 9 heteroatoms. The molecule has 1 aromatic carbocycles. The number of nitrogens with zero attached hydrogens (tertiary/aromatic N) is 1. The van der Waals surface area contributed by atoms with Crippen LogP contribution in [0, 0.1) is 11.8 Å². The first kappa shape index (κ1) is 25.2. The summed E-state index contributed by atoms with van der Waals surface area (Å²) < 4.78 is 6.47. The predicted octanol–water partition coefficient (Wildman–Crippen LogP) is 4.86. The van der Waals surface area contributed by atoms with Gasteiger partial charge in [-0.15, -0.1) is 0 Å². The molecule has 0 unspecified atom stereocenters. The second-order valence-electron chi connectivity index (χ2n) is 11.2. The van der Waals surface area contributed by atoms with Crippen LogP contribution in [-0.4, -0.2) is 52.5 Å². The van der Waals surface area contributed by atoms with Gasteiger partial charge < -0.3 is 20.3 Å². The Morgan fingerprint density at radius 3 is 2.35 bits per heavy atom. The summed E-state index contributed by atoms with van der Waals surface area (Å²) in [6, 6.07) is 4.23. The first-order valence-corrected chi connectivity index (χ1v) is 14.4. The molecule has 3 heterocycles. The smallest absolute Gasteiger partial charge is 0.246 e. The van der Waals surface area contributed by atoms with E-state index in [0.29, 0.717) is 15.7 Å². The van der Waals surface area contributed by atoms with Gasteiger partial charge in [0.2, 0.25) is 17.7 Å². The molecule has 2 bridgehead atoms. The molecule has 2 saturated heterocycles. The fourth-order valence-electron chi connectivity index (χ4n) is 7.29. The van der Waals surface area contributed by atoms with Gasteiger partial charge in [0.05, 0.1) is 28.0 Å². The number of nitrogens with one attached hydrogen (secondary N) is 2. The number of amides is 3. The summed E-state index contributed by atoms with van der Waals surface area (Å²) in [4.78, 5) is 43.5. The van der Waals surface area contributed by atoms with Gasteiger partial charge in [0, 0.05) is 17.8 Å². The molecular formula is C28H33Cl2N3O4. The average Bonchev–Trinajstić information content (AvgIpc) is 3.54. The fourth-order valence-corrected chi connectivity index (χ4v) is 7.58. The van der Waals surface area contributed by atoms with Crippen LogP contribution in [0.2, 0.25) is 10.0 Å². The lowest BCUT2D eigenvalue weighted by molar-refractivity contribution is -0.144. The number of hydrogen-bond donors (Lipinski definition) is 2. The largest absolute Gasteiger partial charge is 0.359 e. The predicted molar refractivity (Wildman–Crippen MR) is 141 cm³/mol. The van der Waals surface area contributed by atoms with Crippen LogP contribution in [0.3, 0.4) is 0 Å². The van der Waals surface area contributed by atoms with Gasteiger partial charge in [-0.2, -0.15) is 0 Å². The molecule has 4 fully saturated rings. The molecule has 5 atom stereocenters. The molecule has 1 spiro atoms. The number of anilines is 1. The van der Waals surface area contributed by atoms with E-state index in [1.807, 2.05) is 12.2 Å². The molecule has 198 valence electrons. The molecule has 37 heavy (non-hydrogen) atoms. The van der Waals surface area contributed by atoms with Crippen molar-refractivity contribution in [2.24, 2.45) is 11.8 Å². The normalized spacial score (nSPS) is 33.6. The summed E-state index contributed by atoms with van der Waals surface area (Å²) in [7, 11) is 0. The van der Waals surface area contributed by atoms with Gasteiger partial charge in [0.25, 0.3) is 0 Å². The summed E-state index contributed by atoms with van der Waals surface area (Å²) in [5.74, 6) is -2.08. The highest BCUT2D eigenvalue weighted by atomic mass is 35.5. The Balaban J connectivity index is 1.31. The third kappa shape index (κ3) is 4.27. The first-order chi connectivity index (χ1) is 17.9. The Kier molecular flexibility index (Phi) is 6.74. The quantitative estimate of drug-likeness (QED) is 0.517. The number of carbonyl (C=O) groups excluding carboxylic acids is 3. The summed E-state index contributed by atoms with van der Waals surface area (Å²) in [5.41, 5.74) is -0.626. The molecule has 6 rings (SSSR count). The fraction of sp³-hybridized carbons (Fsp3) is 0.607. The number of rotatable bonds is 5. The summed E-state index contributed by atoms with van der Waals surface area (Å²) >= 11 is 12.2. The van der Waals surface area contributed by atoms with Crippen molar-refractivity contribution in [2.45, 2.75) is 94.0 Å². The Morgan fingerprint density at radius 1 is 0.946 bits per heavy atom. The zero-order valence-electron chi connectivity index (χ0n) is 20.8. The molecule has 7 nitrogen and oxygen atoms in total. The first-order valence-electron chi connectivity index (χ1n) is 13.6. The van der Waals surface area contributed by atoms with E-state index in [9.17, 15) is 14.4 Å². The third-order valence-electron chi connectivity index (χ3n) is 8.97. The number of likely N-dealkylation sites (tertiary alicyclic amines) is 1. The van der Waals surface area contributed by atoms with Crippen LogP contribution >= 0.6 is 23.2 Å². The van der Waals surface area contributed by atoms with Gasteiger partial charge in [0.1, 0.15) is 11.6 Å². The molecule has 3 amide bonds. The average molecular weight is 546 g/mol. The van der Waals surface area contributed by atoms with Crippen LogP contribution in [0.1, 0.15) is 64.2 Å². The highest BCUT2D eigenvalue weighted by Crippen LogP contribution is 2.56. The number of hydrogen-bond acceptors (Lipinski definition) is 4. The van der Waals surface area contributed by atoms with Crippen molar-refractivity contribution in [2.75, 3.05) is 5.32 Å². The van der Waals surface area contributed by atoms with Gasteiger partial charge in [-0.25, -0.2) is 0 Å². The van der Waals surface area contributed by atoms with Crippen LogP contribution in [0.5, 0.6) is 0 Å². The highest BCUT2D eigenvalue weighted by molar-refractivity contribution is 6.42. The van der Waals surface area contributed by atoms with E-state index < -0.39 is 29.6 Å². The lowest BCUT2D eigenvalue weighted by Gasteiger charge is -2.39. The van der Waals surface area contributed by atoms with Crippen LogP contribution < -0.4 is 10.6 Å². The van der Waals surface area contributed by atoms with Crippen molar-refractivity contribution in [1.82, 2.24) is 10.2 Å². The summed E-state index contributed by atoms with van der Waals surface area (Å²) in [6.07, 6.45) is 13.4. The van der Waals surface area contributed by atoms with E-state index in [1.54, 1.807) is 23.1 Å². The Labute approximate surface area is 227 Å². The van der Waals surface area contributed by atoms with Crippen LogP contribution in [0.4, 0.5) is 5.69 Å². The van der Waals surface area contributed by atoms with Crippen LogP contribution in [-0.2, 0) is 19.1 Å². The van der Waals surface area contributed by atoms with E-state index in [-0.39, 0.29) is 29.8 Å². The molecule has 0 aromatic heterocycles. The zero-order chi connectivity index (χ0) is 25.7. The topological polar surface area (TPSA) is 87.7 Å². The molecular weight excluding hydrogens is 513 g/mol. The minimum atomic E-state index is -1.13. The highest BCUT2D eigenvalue weighted by Gasteiger charge is 2.73. The van der Waals surface area contributed by atoms with Gasteiger partial charge in [-0.1, -0.05) is 73.9 Å². The van der Waals surface area contributed by atoms with E-state index in [4.69, 9.17) is 27.9 Å². The maximum Gasteiger partial charge on any atom is 0.246 e. The van der Waals surface area contributed by atoms with E-state index in [0.717, 1.165) is 57.8 Å². The third-order valence-corrected chi connectivity index (χ3v) is 9.71. The van der Waals surface area contributed by atoms with Crippen LogP contribution in [0.25, 0.3) is 0 Å². The van der Waals surface area contributed by atoms with E-state index >= 15 is 0 Å². The molecule has 1 aromatic rings. The summed E-state index contributed by atoms with van der Waals surface area (Å²) in [5, 5.41) is 6.89. The number of carbonyl (C=O) groups is 3.